The largest absolute Gasteiger partial charge is 0.366 e. The van der Waals surface area contributed by atoms with Crippen molar-refractivity contribution in [1.82, 2.24) is 4.98 Å². The molecule has 0 amide bonds. The van der Waals surface area contributed by atoms with Gasteiger partial charge in [-0.05, 0) is 48.9 Å². The van der Waals surface area contributed by atoms with Crippen molar-refractivity contribution in [2.45, 2.75) is 6.42 Å². The van der Waals surface area contributed by atoms with Crippen molar-refractivity contribution in [1.29, 1.82) is 0 Å². The zero-order valence-corrected chi connectivity index (χ0v) is 15.8. The van der Waals surface area contributed by atoms with E-state index in [1.165, 1.54) is 6.07 Å². The first kappa shape index (κ1) is 18.0. The van der Waals surface area contributed by atoms with Gasteiger partial charge in [0.05, 0.1) is 21.9 Å². The van der Waals surface area contributed by atoms with Gasteiger partial charge in [-0.25, -0.2) is 4.39 Å². The molecule has 0 radical (unpaired) electrons. The second kappa shape index (κ2) is 7.71. The molecule has 4 rings (SSSR count). The normalized spacial score (nSPS) is 14.8. The summed E-state index contributed by atoms with van der Waals surface area (Å²) in [7, 11) is 0. The average molecular weight is 385 g/mol. The van der Waals surface area contributed by atoms with E-state index in [2.05, 4.69) is 14.8 Å². The molecule has 140 valence electrons. The van der Waals surface area contributed by atoms with Crippen LogP contribution >= 0.6 is 11.6 Å². The number of nitrogens with two attached hydrogens (primary N) is 1. The van der Waals surface area contributed by atoms with Crippen molar-refractivity contribution in [2.24, 2.45) is 5.73 Å². The number of anilines is 2. The summed E-state index contributed by atoms with van der Waals surface area (Å²) in [5.41, 5.74) is 9.63. The molecule has 1 aliphatic rings. The summed E-state index contributed by atoms with van der Waals surface area (Å²) in [6.45, 7) is 3.63. The Morgan fingerprint density at radius 1 is 1.04 bits per heavy atom. The zero-order chi connectivity index (χ0) is 18.8. The van der Waals surface area contributed by atoms with E-state index in [0.29, 0.717) is 17.3 Å². The highest BCUT2D eigenvalue weighted by Gasteiger charge is 2.23. The summed E-state index contributed by atoms with van der Waals surface area (Å²) in [4.78, 5) is 9.04. The lowest BCUT2D eigenvalue weighted by molar-refractivity contribution is 0.597. The fraction of sp³-hybridized carbons (Fsp3) is 0.286. The van der Waals surface area contributed by atoms with Gasteiger partial charge in [-0.3, -0.25) is 4.98 Å². The van der Waals surface area contributed by atoms with E-state index in [9.17, 15) is 4.39 Å². The van der Waals surface area contributed by atoms with Crippen LogP contribution in [0.3, 0.4) is 0 Å². The highest BCUT2D eigenvalue weighted by molar-refractivity contribution is 6.36. The summed E-state index contributed by atoms with van der Waals surface area (Å²) in [6, 6.07) is 12.9. The first-order chi connectivity index (χ1) is 13.2. The molecular formula is C21H22ClFN4. The molecule has 0 atom stereocenters. The number of aromatic nitrogens is 1. The Hall–Kier alpha value is -2.37. The van der Waals surface area contributed by atoms with Crippen molar-refractivity contribution in [3.05, 3.63) is 65.1 Å². The van der Waals surface area contributed by atoms with Crippen LogP contribution in [0, 0.1) is 5.82 Å². The van der Waals surface area contributed by atoms with E-state index in [4.69, 9.17) is 17.3 Å². The minimum Gasteiger partial charge on any atom is -0.366 e. The molecule has 0 aliphatic carbocycles. The Balaban J connectivity index is 1.66. The molecule has 3 aromatic rings. The topological polar surface area (TPSA) is 45.4 Å². The first-order valence-corrected chi connectivity index (χ1v) is 9.57. The Morgan fingerprint density at radius 3 is 2.52 bits per heavy atom. The van der Waals surface area contributed by atoms with Gasteiger partial charge in [0, 0.05) is 37.8 Å². The molecule has 6 heteroatoms. The maximum Gasteiger partial charge on any atom is 0.146 e. The molecule has 0 spiro atoms. The number of fused-ring (bicyclic) bond motifs is 1. The summed E-state index contributed by atoms with van der Waals surface area (Å²) < 4.78 is 14.1. The molecule has 0 unspecified atom stereocenters. The number of pyridine rings is 1. The van der Waals surface area contributed by atoms with Gasteiger partial charge in [0.2, 0.25) is 0 Å². The predicted octanol–water partition coefficient (Wildman–Crippen LogP) is 3.86. The number of nitrogens with zero attached hydrogens (tertiary/aromatic N) is 3. The molecule has 0 bridgehead atoms. The molecule has 2 heterocycles. The third-order valence-corrected chi connectivity index (χ3v) is 5.41. The number of benzene rings is 2. The molecule has 2 N–H and O–H groups in total. The van der Waals surface area contributed by atoms with Crippen molar-refractivity contribution in [2.75, 3.05) is 42.5 Å². The molecule has 2 aromatic carbocycles. The lowest BCUT2D eigenvalue weighted by atomic mass is 10.0. The molecule has 1 aromatic heterocycles. The Morgan fingerprint density at radius 2 is 1.78 bits per heavy atom. The fourth-order valence-electron chi connectivity index (χ4n) is 3.82. The van der Waals surface area contributed by atoms with Gasteiger partial charge >= 0.3 is 0 Å². The van der Waals surface area contributed by atoms with Crippen LogP contribution in [0.5, 0.6) is 0 Å². The quantitative estimate of drug-likeness (QED) is 0.742. The van der Waals surface area contributed by atoms with Crippen LogP contribution in [-0.2, 0) is 6.42 Å². The van der Waals surface area contributed by atoms with Crippen molar-refractivity contribution in [3.8, 4) is 0 Å². The van der Waals surface area contributed by atoms with Crippen LogP contribution in [0.2, 0.25) is 5.02 Å². The highest BCUT2D eigenvalue weighted by atomic mass is 35.5. The van der Waals surface area contributed by atoms with E-state index in [1.54, 1.807) is 12.3 Å². The standard InChI is InChI=1S/C21H22ClFN4/c22-17-14-15(7-8-24)21(20-16(17)4-3-9-25-20)27-12-10-26(11-13-27)19-6-2-1-5-18(19)23/h1-6,9,14H,7-8,10-13,24H2. The van der Waals surface area contributed by atoms with Gasteiger partial charge in [0.1, 0.15) is 5.82 Å². The maximum atomic E-state index is 14.1. The molecule has 1 saturated heterocycles. The van der Waals surface area contributed by atoms with Gasteiger partial charge in [0.15, 0.2) is 0 Å². The summed E-state index contributed by atoms with van der Waals surface area (Å²) in [5, 5.41) is 1.65. The van der Waals surface area contributed by atoms with Gasteiger partial charge < -0.3 is 15.5 Å². The highest BCUT2D eigenvalue weighted by Crippen LogP contribution is 2.35. The molecule has 27 heavy (non-hydrogen) atoms. The van der Waals surface area contributed by atoms with Crippen LogP contribution in [0.15, 0.2) is 48.7 Å². The third-order valence-electron chi connectivity index (χ3n) is 5.10. The SMILES string of the molecule is NCCc1cc(Cl)c2cccnc2c1N1CCN(c2ccccc2F)CC1. The lowest BCUT2D eigenvalue weighted by Crippen LogP contribution is -2.47. The van der Waals surface area contributed by atoms with Gasteiger partial charge in [-0.1, -0.05) is 23.7 Å². The number of hydrogen-bond acceptors (Lipinski definition) is 4. The Labute approximate surface area is 163 Å². The number of halogens is 2. The van der Waals surface area contributed by atoms with E-state index < -0.39 is 0 Å². The van der Waals surface area contributed by atoms with Crippen molar-refractivity contribution in [3.63, 3.8) is 0 Å². The summed E-state index contributed by atoms with van der Waals surface area (Å²) in [5.74, 6) is -0.173. The number of para-hydroxylation sites is 1. The summed E-state index contributed by atoms with van der Waals surface area (Å²) in [6.07, 6.45) is 2.54. The minimum atomic E-state index is -0.173. The molecule has 1 fully saturated rings. The van der Waals surface area contributed by atoms with Gasteiger partial charge in [-0.2, -0.15) is 0 Å². The second-order valence-electron chi connectivity index (χ2n) is 6.73. The third kappa shape index (κ3) is 3.45. The lowest BCUT2D eigenvalue weighted by Gasteiger charge is -2.38. The van der Waals surface area contributed by atoms with Crippen LogP contribution in [0.25, 0.3) is 10.9 Å². The zero-order valence-electron chi connectivity index (χ0n) is 15.0. The predicted molar refractivity (Wildman–Crippen MR) is 110 cm³/mol. The van der Waals surface area contributed by atoms with Crippen molar-refractivity contribution < 1.29 is 4.39 Å². The number of hydrogen-bond donors (Lipinski definition) is 1. The van der Waals surface area contributed by atoms with E-state index >= 15 is 0 Å². The van der Waals surface area contributed by atoms with Gasteiger partial charge in [-0.15, -0.1) is 0 Å². The molecule has 4 nitrogen and oxygen atoms in total. The minimum absolute atomic E-state index is 0.173. The van der Waals surface area contributed by atoms with E-state index in [1.807, 2.05) is 30.3 Å². The van der Waals surface area contributed by atoms with Crippen LogP contribution < -0.4 is 15.5 Å². The number of piperazine rings is 1. The van der Waals surface area contributed by atoms with E-state index in [0.717, 1.165) is 54.8 Å². The summed E-state index contributed by atoms with van der Waals surface area (Å²) >= 11 is 6.48. The first-order valence-electron chi connectivity index (χ1n) is 9.19. The molecular weight excluding hydrogens is 363 g/mol. The van der Waals surface area contributed by atoms with Crippen molar-refractivity contribution >= 4 is 33.9 Å². The van der Waals surface area contributed by atoms with Crippen LogP contribution in [0.4, 0.5) is 15.8 Å². The average Bonchev–Trinajstić information content (AvgIpc) is 2.69. The van der Waals surface area contributed by atoms with Crippen LogP contribution in [0.1, 0.15) is 5.56 Å². The Kier molecular flexibility index (Phi) is 5.14. The van der Waals surface area contributed by atoms with Crippen LogP contribution in [-0.4, -0.2) is 37.7 Å². The maximum absolute atomic E-state index is 14.1. The smallest absolute Gasteiger partial charge is 0.146 e. The Bertz CT molecular complexity index is 954. The second-order valence-corrected chi connectivity index (χ2v) is 7.14. The molecule has 1 aliphatic heterocycles. The fourth-order valence-corrected chi connectivity index (χ4v) is 4.10. The molecule has 0 saturated carbocycles. The van der Waals surface area contributed by atoms with E-state index in [-0.39, 0.29) is 5.82 Å². The van der Waals surface area contributed by atoms with Gasteiger partial charge in [0.25, 0.3) is 0 Å². The number of rotatable bonds is 4. The monoisotopic (exact) mass is 384 g/mol.